The van der Waals surface area contributed by atoms with Crippen molar-refractivity contribution in [2.45, 2.75) is 25.2 Å². The van der Waals surface area contributed by atoms with E-state index in [4.69, 9.17) is 0 Å². The Bertz CT molecular complexity index is 647. The van der Waals surface area contributed by atoms with Crippen molar-refractivity contribution in [3.63, 3.8) is 0 Å². The molecular formula is C18H16F3N. The maximum absolute atomic E-state index is 13.1. The minimum absolute atomic E-state index is 0.000344. The number of rotatable bonds is 3. The topological polar surface area (TPSA) is 3.24 Å². The lowest BCUT2D eigenvalue weighted by molar-refractivity contribution is -0.0933. The van der Waals surface area contributed by atoms with Crippen molar-refractivity contribution in [1.29, 1.82) is 0 Å². The van der Waals surface area contributed by atoms with Crippen LogP contribution in [0.3, 0.4) is 0 Å². The molecule has 3 rings (SSSR count). The molecule has 0 amide bonds. The number of alkyl halides is 3. The standard InChI is InChI=1S/C18H16F3N/c19-18(20,21)16-11-17(15-9-5-2-6-10-15)22(13-16)12-14-7-3-1-4-8-14/h1-10,13,17H,11-12H2. The van der Waals surface area contributed by atoms with E-state index in [1.165, 1.54) is 6.20 Å². The van der Waals surface area contributed by atoms with Gasteiger partial charge in [0.2, 0.25) is 0 Å². The van der Waals surface area contributed by atoms with Crippen LogP contribution >= 0.6 is 0 Å². The van der Waals surface area contributed by atoms with Crippen LogP contribution in [0.15, 0.2) is 72.4 Å². The van der Waals surface area contributed by atoms with Gasteiger partial charge < -0.3 is 4.90 Å². The molecular weight excluding hydrogens is 287 g/mol. The van der Waals surface area contributed by atoms with E-state index in [2.05, 4.69) is 0 Å². The van der Waals surface area contributed by atoms with Gasteiger partial charge in [0.25, 0.3) is 0 Å². The third-order valence-corrected chi connectivity index (χ3v) is 3.89. The fraction of sp³-hybridized carbons (Fsp3) is 0.222. The third kappa shape index (κ3) is 3.16. The number of halogens is 3. The lowest BCUT2D eigenvalue weighted by atomic mass is 10.0. The molecule has 1 heterocycles. The summed E-state index contributed by atoms with van der Waals surface area (Å²) < 4.78 is 39.2. The Morgan fingerprint density at radius 1 is 0.909 bits per heavy atom. The van der Waals surface area contributed by atoms with Crippen molar-refractivity contribution in [2.24, 2.45) is 0 Å². The molecule has 22 heavy (non-hydrogen) atoms. The second-order valence-electron chi connectivity index (χ2n) is 5.44. The van der Waals surface area contributed by atoms with Crippen LogP contribution in [0.5, 0.6) is 0 Å². The monoisotopic (exact) mass is 303 g/mol. The Morgan fingerprint density at radius 2 is 1.50 bits per heavy atom. The molecule has 0 spiro atoms. The molecule has 0 saturated carbocycles. The van der Waals surface area contributed by atoms with Crippen molar-refractivity contribution in [1.82, 2.24) is 4.90 Å². The first-order valence-electron chi connectivity index (χ1n) is 7.16. The maximum atomic E-state index is 13.1. The van der Waals surface area contributed by atoms with E-state index in [9.17, 15) is 13.2 Å². The molecule has 1 aliphatic heterocycles. The molecule has 2 aromatic rings. The van der Waals surface area contributed by atoms with Crippen molar-refractivity contribution >= 4 is 0 Å². The molecule has 1 atom stereocenters. The van der Waals surface area contributed by atoms with E-state index < -0.39 is 11.7 Å². The SMILES string of the molecule is FC(F)(F)C1=CN(Cc2ccccc2)C(c2ccccc2)C1. The molecule has 0 fully saturated rings. The van der Waals surface area contributed by atoms with Gasteiger partial charge in [0, 0.05) is 19.2 Å². The van der Waals surface area contributed by atoms with Gasteiger partial charge in [-0.2, -0.15) is 13.2 Å². The minimum Gasteiger partial charge on any atom is -0.366 e. The van der Waals surface area contributed by atoms with Gasteiger partial charge in [-0.3, -0.25) is 0 Å². The molecule has 1 aliphatic rings. The Balaban J connectivity index is 1.89. The molecule has 114 valence electrons. The predicted molar refractivity (Wildman–Crippen MR) is 79.9 cm³/mol. The smallest absolute Gasteiger partial charge is 0.366 e. The highest BCUT2D eigenvalue weighted by molar-refractivity contribution is 5.28. The highest BCUT2D eigenvalue weighted by Crippen LogP contribution is 2.42. The van der Waals surface area contributed by atoms with E-state index >= 15 is 0 Å². The van der Waals surface area contributed by atoms with Crippen LogP contribution in [0.4, 0.5) is 13.2 Å². The second-order valence-corrected chi connectivity index (χ2v) is 5.44. The summed E-state index contributed by atoms with van der Waals surface area (Å²) in [6.07, 6.45) is -3.00. The molecule has 0 bridgehead atoms. The summed E-state index contributed by atoms with van der Waals surface area (Å²) in [7, 11) is 0. The molecule has 0 aliphatic carbocycles. The average Bonchev–Trinajstić information content (AvgIpc) is 2.93. The van der Waals surface area contributed by atoms with Gasteiger partial charge in [-0.25, -0.2) is 0 Å². The zero-order valence-electron chi connectivity index (χ0n) is 11.9. The van der Waals surface area contributed by atoms with Gasteiger partial charge in [-0.15, -0.1) is 0 Å². The Morgan fingerprint density at radius 3 is 2.09 bits per heavy atom. The molecule has 0 saturated heterocycles. The number of benzene rings is 2. The van der Waals surface area contributed by atoms with Crippen LogP contribution in [0.2, 0.25) is 0 Å². The van der Waals surface area contributed by atoms with E-state index in [1.807, 2.05) is 60.7 Å². The normalized spacial score (nSPS) is 18.4. The molecule has 0 N–H and O–H groups in total. The van der Waals surface area contributed by atoms with Crippen molar-refractivity contribution in [3.8, 4) is 0 Å². The lowest BCUT2D eigenvalue weighted by Crippen LogP contribution is -2.19. The van der Waals surface area contributed by atoms with Gasteiger partial charge in [-0.1, -0.05) is 60.7 Å². The first kappa shape index (κ1) is 14.7. The quantitative estimate of drug-likeness (QED) is 0.764. The van der Waals surface area contributed by atoms with Gasteiger partial charge in [0.1, 0.15) is 0 Å². The number of hydrogen-bond acceptors (Lipinski definition) is 1. The highest BCUT2D eigenvalue weighted by Gasteiger charge is 2.40. The van der Waals surface area contributed by atoms with Gasteiger partial charge in [-0.05, 0) is 11.1 Å². The molecule has 4 heteroatoms. The fourth-order valence-electron chi connectivity index (χ4n) is 2.79. The molecule has 0 radical (unpaired) electrons. The molecule has 2 aromatic carbocycles. The van der Waals surface area contributed by atoms with Gasteiger partial charge in [0.05, 0.1) is 11.6 Å². The van der Waals surface area contributed by atoms with Crippen LogP contribution in [-0.2, 0) is 6.54 Å². The highest BCUT2D eigenvalue weighted by atomic mass is 19.4. The fourth-order valence-corrected chi connectivity index (χ4v) is 2.79. The Kier molecular flexibility index (Phi) is 3.92. The molecule has 0 aromatic heterocycles. The zero-order valence-corrected chi connectivity index (χ0v) is 11.9. The predicted octanol–water partition coefficient (Wildman–Crippen LogP) is 5.08. The summed E-state index contributed by atoms with van der Waals surface area (Å²) in [6, 6.07) is 18.7. The third-order valence-electron chi connectivity index (χ3n) is 3.89. The Hall–Kier alpha value is -2.23. The van der Waals surface area contributed by atoms with Crippen LogP contribution in [0.25, 0.3) is 0 Å². The van der Waals surface area contributed by atoms with Crippen molar-refractivity contribution in [2.75, 3.05) is 0 Å². The summed E-state index contributed by atoms with van der Waals surface area (Å²) in [5.41, 5.74) is 1.45. The minimum atomic E-state index is -4.27. The summed E-state index contributed by atoms with van der Waals surface area (Å²) in [5.74, 6) is 0. The van der Waals surface area contributed by atoms with Crippen molar-refractivity contribution < 1.29 is 13.2 Å². The summed E-state index contributed by atoms with van der Waals surface area (Å²) in [4.78, 5) is 1.79. The first-order valence-corrected chi connectivity index (χ1v) is 7.16. The number of nitrogens with zero attached hydrogens (tertiary/aromatic N) is 1. The summed E-state index contributed by atoms with van der Waals surface area (Å²) >= 11 is 0. The summed E-state index contributed by atoms with van der Waals surface area (Å²) in [6.45, 7) is 0.472. The van der Waals surface area contributed by atoms with Gasteiger partial charge in [0.15, 0.2) is 0 Å². The Labute approximate surface area is 127 Å². The second kappa shape index (κ2) is 5.87. The van der Waals surface area contributed by atoms with E-state index in [0.717, 1.165) is 11.1 Å². The van der Waals surface area contributed by atoms with E-state index in [0.29, 0.717) is 6.54 Å². The van der Waals surface area contributed by atoms with E-state index in [-0.39, 0.29) is 12.5 Å². The van der Waals surface area contributed by atoms with Gasteiger partial charge >= 0.3 is 6.18 Å². The average molecular weight is 303 g/mol. The maximum Gasteiger partial charge on any atom is 0.414 e. The zero-order chi connectivity index (χ0) is 15.6. The van der Waals surface area contributed by atoms with Crippen LogP contribution in [0.1, 0.15) is 23.6 Å². The molecule has 1 nitrogen and oxygen atoms in total. The first-order chi connectivity index (χ1) is 10.5. The largest absolute Gasteiger partial charge is 0.414 e. The van der Waals surface area contributed by atoms with Crippen LogP contribution in [0, 0.1) is 0 Å². The van der Waals surface area contributed by atoms with Crippen LogP contribution < -0.4 is 0 Å². The molecule has 1 unspecified atom stereocenters. The number of hydrogen-bond donors (Lipinski definition) is 0. The van der Waals surface area contributed by atoms with Crippen molar-refractivity contribution in [3.05, 3.63) is 83.6 Å². The summed E-state index contributed by atoms with van der Waals surface area (Å²) in [5, 5.41) is 0. The lowest BCUT2D eigenvalue weighted by Gasteiger charge is -2.26. The van der Waals surface area contributed by atoms with E-state index in [1.54, 1.807) is 4.90 Å². The van der Waals surface area contributed by atoms with Crippen LogP contribution in [-0.4, -0.2) is 11.1 Å².